The first-order chi connectivity index (χ1) is 71.4. The molecule has 0 spiro atoms. The van der Waals surface area contributed by atoms with Crippen LogP contribution in [-0.2, 0) is 18.5 Å². The Hall–Kier alpha value is -18.8. The van der Waals surface area contributed by atoms with Crippen molar-refractivity contribution in [3.63, 3.8) is 0 Å². The third-order valence-corrected chi connectivity index (χ3v) is 25.2. The summed E-state index contributed by atoms with van der Waals surface area (Å²) in [4.78, 5) is 59.8. The Morgan fingerprint density at radius 1 is 0.136 bits per heavy atom. The fraction of sp³-hybridized carbons (Fsp3) is 0.0323. The largest absolute Gasteiger partial charge is 0.416 e. The van der Waals surface area contributed by atoms with Gasteiger partial charge in [0.2, 0.25) is 0 Å². The van der Waals surface area contributed by atoms with Crippen molar-refractivity contribution in [1.82, 2.24) is 59.8 Å². The van der Waals surface area contributed by atoms with E-state index in [0.29, 0.717) is 106 Å². The number of fused-ring (bicyclic) bond motifs is 6. The van der Waals surface area contributed by atoms with Crippen LogP contribution in [0.2, 0.25) is 0 Å². The van der Waals surface area contributed by atoms with Gasteiger partial charge in [-0.2, -0.15) is 39.5 Å². The molecule has 0 fully saturated rings. The number of benzene rings is 18. The van der Waals surface area contributed by atoms with Crippen molar-refractivity contribution in [3.05, 3.63) is 471 Å². The fourth-order valence-electron chi connectivity index (χ4n) is 17.8. The molecule has 147 heavy (non-hydrogen) atoms. The summed E-state index contributed by atoms with van der Waals surface area (Å²) >= 11 is 0. The van der Waals surface area contributed by atoms with Crippen LogP contribution >= 0.6 is 0 Å². The van der Waals surface area contributed by atoms with E-state index < -0.39 is 35.2 Å². The van der Waals surface area contributed by atoms with Crippen LogP contribution in [0, 0.1) is 18.6 Å². The summed E-state index contributed by atoms with van der Waals surface area (Å²) in [5.74, 6) is -0.613. The third kappa shape index (κ3) is 19.8. The summed E-state index contributed by atoms with van der Waals surface area (Å²) in [6, 6.07) is 129. The van der Waals surface area contributed by atoms with Crippen LogP contribution in [0.5, 0.6) is 0 Å². The van der Waals surface area contributed by atoms with Crippen LogP contribution in [0.1, 0.15) is 22.3 Å². The minimum Gasteiger partial charge on any atom is -0.244 e. The Balaban J connectivity index is 0.000000125. The molecule has 6 heterocycles. The lowest BCUT2D eigenvalue weighted by atomic mass is 10.00. The average Bonchev–Trinajstić information content (AvgIpc) is 0.766. The Kier molecular flexibility index (Phi) is 24.9. The standard InChI is InChI=1S/C42H24F6N4.C42H27F3N4.C40H24F2N4/c43-41(44,45)31-15-7-13-29(21-31)39-38(26-11-5-2-6-12-26)51-35-23-27(18-20-34(35)50-39)28-17-19-33-36(24-28)52-40(37(49-33)25-9-3-1-4-10-25)30-14-8-16-32(22-30)42(46,47)48;1-26-12-14-29(15-13-26)41-38(27-8-4-2-5-9-27)46-34-22-18-32(25-37(34)49-41)31-19-23-35-36(24-31)48-39(28-10-6-3-7-11-28)40(47-35)30-16-20-33(21-17-30)42(43,44)45;41-31-17-11-27(12-18-31)39-37(25-7-3-1-4-8-25)43-33-21-15-29(23-35(33)45-39)30-16-22-34-36(24-30)46-40(28-13-19-32(42)20-14-28)38(44-34)26-9-5-2-6-10-26/h1-24H;2-25H,1H3;1-24H. The lowest BCUT2D eigenvalue weighted by Crippen LogP contribution is -2.05. The normalized spacial score (nSPS) is 11.7. The minimum atomic E-state index is -4.53. The molecule has 0 N–H and O–H groups in total. The first-order valence-corrected chi connectivity index (χ1v) is 46.8. The highest BCUT2D eigenvalue weighted by atomic mass is 19.4. The molecule has 0 atom stereocenters. The van der Waals surface area contributed by atoms with E-state index in [2.05, 4.69) is 31.2 Å². The third-order valence-electron chi connectivity index (χ3n) is 25.2. The molecule has 0 aliphatic rings. The molecule has 24 rings (SSSR count). The van der Waals surface area contributed by atoms with Crippen LogP contribution < -0.4 is 0 Å². The number of halogens is 11. The maximum atomic E-state index is 13.8. The van der Waals surface area contributed by atoms with Crippen LogP contribution in [0.3, 0.4) is 0 Å². The molecule has 0 bridgehead atoms. The highest BCUT2D eigenvalue weighted by Crippen LogP contribution is 2.45. The molecule has 0 saturated heterocycles. The second-order valence-electron chi connectivity index (χ2n) is 35.1. The summed E-state index contributed by atoms with van der Waals surface area (Å²) in [6.45, 7) is 2.06. The SMILES string of the molecule is Cc1ccc(-c2nc3cc(-c4ccc5nc(-c6ccc(C(F)(F)F)cc6)c(-c6ccccc6)nc5c4)ccc3nc2-c2ccccc2)cc1.FC(F)(F)c1cccc(-c2nc3ccc(-c4ccc5nc(-c6ccccc6)c(-c6cccc(C(F)(F)F)c6)nc5c4)cc3nc2-c2ccccc2)c1.Fc1ccc(-c2nc3cc(-c4ccc5nc(-c6ccccc6)c(-c6ccc(F)cc6)nc5c4)ccc3nc2-c2ccccc2)cc1. The molecule has 0 aliphatic heterocycles. The van der Waals surface area contributed by atoms with Gasteiger partial charge in [0.05, 0.1) is 151 Å². The molecule has 12 nitrogen and oxygen atoms in total. The zero-order chi connectivity index (χ0) is 101. The molecule has 6 aromatic heterocycles. The van der Waals surface area contributed by atoms with E-state index in [9.17, 15) is 48.3 Å². The number of hydrogen-bond acceptors (Lipinski definition) is 12. The van der Waals surface area contributed by atoms with Crippen molar-refractivity contribution in [2.24, 2.45) is 0 Å². The fourth-order valence-corrected chi connectivity index (χ4v) is 17.8. The van der Waals surface area contributed by atoms with Crippen LogP contribution in [0.4, 0.5) is 48.3 Å². The zero-order valence-electron chi connectivity index (χ0n) is 77.6. The predicted octanol–water partition coefficient (Wildman–Crippen LogP) is 33.4. The highest BCUT2D eigenvalue weighted by molar-refractivity contribution is 5.98. The number of rotatable bonds is 15. The van der Waals surface area contributed by atoms with Gasteiger partial charge in [-0.3, -0.25) is 0 Å². The van der Waals surface area contributed by atoms with Crippen LogP contribution in [0.15, 0.2) is 437 Å². The lowest BCUT2D eigenvalue weighted by Gasteiger charge is -2.14. The van der Waals surface area contributed by atoms with E-state index in [1.54, 1.807) is 42.5 Å². The van der Waals surface area contributed by atoms with Gasteiger partial charge < -0.3 is 0 Å². The molecule has 0 unspecified atom stereocenters. The molecule has 0 aliphatic carbocycles. The van der Waals surface area contributed by atoms with E-state index in [1.165, 1.54) is 54.1 Å². The lowest BCUT2D eigenvalue weighted by molar-refractivity contribution is -0.138. The second-order valence-corrected chi connectivity index (χ2v) is 35.1. The van der Waals surface area contributed by atoms with Gasteiger partial charge in [-0.1, -0.05) is 285 Å². The zero-order valence-corrected chi connectivity index (χ0v) is 77.6. The Bertz CT molecular complexity index is 8930. The maximum Gasteiger partial charge on any atom is 0.416 e. The average molecular weight is 1940 g/mol. The number of hydrogen-bond donors (Lipinski definition) is 0. The number of alkyl halides is 9. The van der Waals surface area contributed by atoms with Crippen molar-refractivity contribution in [2.75, 3.05) is 0 Å². The van der Waals surface area contributed by atoms with E-state index in [0.717, 1.165) is 154 Å². The van der Waals surface area contributed by atoms with Gasteiger partial charge in [0, 0.05) is 66.8 Å². The quantitative estimate of drug-likeness (QED) is 0.0897. The molecule has 0 radical (unpaired) electrons. The summed E-state index contributed by atoms with van der Waals surface area (Å²) in [7, 11) is 0. The molecule has 18 aromatic carbocycles. The Labute approximate surface area is 833 Å². The van der Waals surface area contributed by atoms with Gasteiger partial charge >= 0.3 is 18.5 Å². The number of nitrogens with zero attached hydrogens (tertiary/aromatic N) is 12. The van der Waals surface area contributed by atoms with Crippen molar-refractivity contribution in [3.8, 4) is 168 Å². The Morgan fingerprint density at radius 3 is 0.503 bits per heavy atom. The van der Waals surface area contributed by atoms with Gasteiger partial charge in [0.25, 0.3) is 0 Å². The molecule has 0 saturated carbocycles. The van der Waals surface area contributed by atoms with Gasteiger partial charge in [0.1, 0.15) is 11.6 Å². The Morgan fingerprint density at radius 2 is 0.299 bits per heavy atom. The van der Waals surface area contributed by atoms with Gasteiger partial charge in [-0.25, -0.2) is 68.6 Å². The first kappa shape index (κ1) is 93.2. The predicted molar refractivity (Wildman–Crippen MR) is 559 cm³/mol. The topological polar surface area (TPSA) is 155 Å². The van der Waals surface area contributed by atoms with Crippen LogP contribution in [-0.4, -0.2) is 59.8 Å². The minimum absolute atomic E-state index is 0.277. The van der Waals surface area contributed by atoms with Crippen LogP contribution in [0.25, 0.3) is 235 Å². The van der Waals surface area contributed by atoms with Crippen molar-refractivity contribution in [2.45, 2.75) is 25.5 Å². The van der Waals surface area contributed by atoms with Crippen molar-refractivity contribution in [1.29, 1.82) is 0 Å². The maximum absolute atomic E-state index is 13.8. The summed E-state index contributed by atoms with van der Waals surface area (Å²) in [5.41, 5.74) is 27.7. The molecule has 708 valence electrons. The van der Waals surface area contributed by atoms with Crippen molar-refractivity contribution < 1.29 is 48.3 Å². The first-order valence-electron chi connectivity index (χ1n) is 46.8. The van der Waals surface area contributed by atoms with E-state index in [1.807, 2.05) is 285 Å². The monoisotopic (exact) mass is 1940 g/mol. The number of aryl methyl sites for hydroxylation is 1. The van der Waals surface area contributed by atoms with Crippen molar-refractivity contribution >= 4 is 66.2 Å². The van der Waals surface area contributed by atoms with E-state index in [4.69, 9.17) is 59.8 Å². The smallest absolute Gasteiger partial charge is 0.244 e. The molecule has 0 amide bonds. The van der Waals surface area contributed by atoms with Gasteiger partial charge in [0.15, 0.2) is 0 Å². The summed E-state index contributed by atoms with van der Waals surface area (Å²) in [5, 5.41) is 0. The summed E-state index contributed by atoms with van der Waals surface area (Å²) in [6.07, 6.45) is -13.5. The molecule has 23 heteroatoms. The van der Waals surface area contributed by atoms with Gasteiger partial charge in [-0.05, 0) is 198 Å². The highest BCUT2D eigenvalue weighted by Gasteiger charge is 2.34. The molecular weight excluding hydrogens is 1870 g/mol. The molecular formula is C124H75F11N12. The summed E-state index contributed by atoms with van der Waals surface area (Å²) < 4.78 is 150. The van der Waals surface area contributed by atoms with E-state index >= 15 is 0 Å². The number of aromatic nitrogens is 12. The van der Waals surface area contributed by atoms with E-state index in [-0.39, 0.29) is 22.8 Å². The van der Waals surface area contributed by atoms with Gasteiger partial charge in [-0.15, -0.1) is 0 Å². The molecule has 24 aromatic rings. The second kappa shape index (κ2) is 39.3.